The van der Waals surface area contributed by atoms with Crippen LogP contribution in [0.5, 0.6) is 0 Å². The molecule has 4 heteroatoms. The molecule has 0 aromatic carbocycles. The molecule has 2 unspecified atom stereocenters. The molecular weight excluding hydrogens is 248 g/mol. The SMILES string of the molecule is CC1CCC(C(=O)c2ccc(Br)o2)O1. The van der Waals surface area contributed by atoms with E-state index in [0.29, 0.717) is 10.4 Å². The minimum absolute atomic E-state index is 0.0555. The molecule has 1 saturated heterocycles. The Morgan fingerprint density at radius 3 is 2.79 bits per heavy atom. The highest BCUT2D eigenvalue weighted by molar-refractivity contribution is 9.10. The Hall–Kier alpha value is -0.610. The molecule has 2 heterocycles. The zero-order valence-electron chi connectivity index (χ0n) is 7.83. The molecule has 0 aliphatic carbocycles. The predicted molar refractivity (Wildman–Crippen MR) is 54.3 cm³/mol. The lowest BCUT2D eigenvalue weighted by Crippen LogP contribution is -2.20. The van der Waals surface area contributed by atoms with Gasteiger partial charge in [-0.2, -0.15) is 0 Å². The fourth-order valence-electron chi connectivity index (χ4n) is 1.60. The van der Waals surface area contributed by atoms with Gasteiger partial charge in [0, 0.05) is 0 Å². The predicted octanol–water partition coefficient (Wildman–Crippen LogP) is 2.79. The number of furan rings is 1. The molecule has 1 fully saturated rings. The second kappa shape index (κ2) is 3.87. The second-order valence-corrected chi connectivity index (χ2v) is 4.26. The Bertz CT molecular complexity index is 345. The summed E-state index contributed by atoms with van der Waals surface area (Å²) in [5.74, 6) is 0.316. The number of carbonyl (C=O) groups excluding carboxylic acids is 1. The van der Waals surface area contributed by atoms with Crippen LogP contribution in [0.4, 0.5) is 0 Å². The molecule has 1 aliphatic rings. The summed E-state index contributed by atoms with van der Waals surface area (Å²) in [5, 5.41) is 0. The van der Waals surface area contributed by atoms with E-state index in [-0.39, 0.29) is 18.0 Å². The van der Waals surface area contributed by atoms with Gasteiger partial charge in [0.1, 0.15) is 6.10 Å². The third-order valence-electron chi connectivity index (χ3n) is 2.34. The van der Waals surface area contributed by atoms with Crippen molar-refractivity contribution in [2.45, 2.75) is 32.0 Å². The van der Waals surface area contributed by atoms with Crippen LogP contribution in [0.25, 0.3) is 0 Å². The van der Waals surface area contributed by atoms with Crippen LogP contribution in [0, 0.1) is 0 Å². The van der Waals surface area contributed by atoms with Crippen molar-refractivity contribution in [3.05, 3.63) is 22.6 Å². The summed E-state index contributed by atoms with van der Waals surface area (Å²) in [4.78, 5) is 11.8. The lowest BCUT2D eigenvalue weighted by atomic mass is 10.1. The van der Waals surface area contributed by atoms with Crippen molar-refractivity contribution in [1.29, 1.82) is 0 Å². The Labute approximate surface area is 90.6 Å². The van der Waals surface area contributed by atoms with Gasteiger partial charge in [-0.1, -0.05) is 0 Å². The smallest absolute Gasteiger partial charge is 0.226 e. The van der Waals surface area contributed by atoms with Gasteiger partial charge in [-0.15, -0.1) is 0 Å². The first kappa shape index (κ1) is 9.93. The van der Waals surface area contributed by atoms with Gasteiger partial charge in [0.25, 0.3) is 0 Å². The van der Waals surface area contributed by atoms with Crippen LogP contribution in [-0.2, 0) is 4.74 Å². The largest absolute Gasteiger partial charge is 0.446 e. The summed E-state index contributed by atoms with van der Waals surface area (Å²) in [6.07, 6.45) is 1.60. The van der Waals surface area contributed by atoms with Crippen molar-refractivity contribution in [2.75, 3.05) is 0 Å². The Kier molecular flexibility index (Phi) is 2.74. The molecule has 14 heavy (non-hydrogen) atoms. The molecule has 2 rings (SSSR count). The van der Waals surface area contributed by atoms with Crippen LogP contribution in [0.15, 0.2) is 21.2 Å². The number of hydrogen-bond donors (Lipinski definition) is 0. The average Bonchev–Trinajstić information content (AvgIpc) is 2.73. The van der Waals surface area contributed by atoms with Crippen LogP contribution in [0.2, 0.25) is 0 Å². The molecule has 0 amide bonds. The maximum absolute atomic E-state index is 11.8. The van der Waals surface area contributed by atoms with Crippen molar-refractivity contribution in [3.63, 3.8) is 0 Å². The van der Waals surface area contributed by atoms with E-state index in [2.05, 4.69) is 15.9 Å². The zero-order valence-corrected chi connectivity index (χ0v) is 9.41. The van der Waals surface area contributed by atoms with Crippen molar-refractivity contribution in [2.24, 2.45) is 0 Å². The van der Waals surface area contributed by atoms with Gasteiger partial charge in [-0.05, 0) is 47.8 Å². The number of Topliss-reactive ketones (excluding diaryl/α,β-unsaturated/α-hetero) is 1. The van der Waals surface area contributed by atoms with Gasteiger partial charge < -0.3 is 9.15 Å². The first-order valence-electron chi connectivity index (χ1n) is 4.62. The van der Waals surface area contributed by atoms with E-state index in [1.165, 1.54) is 0 Å². The molecule has 1 aliphatic heterocycles. The summed E-state index contributed by atoms with van der Waals surface area (Å²) in [5.41, 5.74) is 0. The number of carbonyl (C=O) groups is 1. The van der Waals surface area contributed by atoms with Crippen molar-refractivity contribution in [3.8, 4) is 0 Å². The Balaban J connectivity index is 2.09. The first-order valence-corrected chi connectivity index (χ1v) is 5.41. The van der Waals surface area contributed by atoms with Gasteiger partial charge in [0.15, 0.2) is 10.4 Å². The number of ketones is 1. The van der Waals surface area contributed by atoms with Crippen molar-refractivity contribution >= 4 is 21.7 Å². The summed E-state index contributed by atoms with van der Waals surface area (Å²) in [6, 6.07) is 3.38. The first-order chi connectivity index (χ1) is 6.66. The molecule has 76 valence electrons. The normalized spacial score (nSPS) is 26.7. The Morgan fingerprint density at radius 2 is 2.29 bits per heavy atom. The molecule has 0 spiro atoms. The van der Waals surface area contributed by atoms with Crippen molar-refractivity contribution in [1.82, 2.24) is 0 Å². The topological polar surface area (TPSA) is 39.4 Å². The van der Waals surface area contributed by atoms with Crippen LogP contribution in [-0.4, -0.2) is 18.0 Å². The molecule has 3 nitrogen and oxygen atoms in total. The van der Waals surface area contributed by atoms with Gasteiger partial charge in [0.05, 0.1) is 6.10 Å². The van der Waals surface area contributed by atoms with E-state index in [1.54, 1.807) is 12.1 Å². The molecule has 0 saturated carbocycles. The maximum atomic E-state index is 11.8. The molecule has 0 N–H and O–H groups in total. The fraction of sp³-hybridized carbons (Fsp3) is 0.500. The Morgan fingerprint density at radius 1 is 1.50 bits per heavy atom. The molecule has 1 aromatic heterocycles. The summed E-state index contributed by atoms with van der Waals surface area (Å²) < 4.78 is 11.2. The van der Waals surface area contributed by atoms with Crippen LogP contribution >= 0.6 is 15.9 Å². The van der Waals surface area contributed by atoms with E-state index in [4.69, 9.17) is 9.15 Å². The zero-order chi connectivity index (χ0) is 10.1. The number of hydrogen-bond acceptors (Lipinski definition) is 3. The number of ether oxygens (including phenoxy) is 1. The van der Waals surface area contributed by atoms with E-state index in [1.807, 2.05) is 6.92 Å². The van der Waals surface area contributed by atoms with Gasteiger partial charge >= 0.3 is 0 Å². The summed E-state index contributed by atoms with van der Waals surface area (Å²) in [7, 11) is 0. The fourth-order valence-corrected chi connectivity index (χ4v) is 1.91. The lowest BCUT2D eigenvalue weighted by Gasteiger charge is -2.07. The van der Waals surface area contributed by atoms with E-state index >= 15 is 0 Å². The highest BCUT2D eigenvalue weighted by atomic mass is 79.9. The molecule has 0 bridgehead atoms. The second-order valence-electron chi connectivity index (χ2n) is 3.48. The van der Waals surface area contributed by atoms with E-state index in [0.717, 1.165) is 12.8 Å². The molecule has 2 atom stereocenters. The summed E-state index contributed by atoms with van der Waals surface area (Å²) in [6.45, 7) is 1.98. The van der Waals surface area contributed by atoms with E-state index < -0.39 is 0 Å². The lowest BCUT2D eigenvalue weighted by molar-refractivity contribution is 0.0410. The molecular formula is C10H11BrO3. The monoisotopic (exact) mass is 258 g/mol. The summed E-state index contributed by atoms with van der Waals surface area (Å²) >= 11 is 3.16. The molecule has 0 radical (unpaired) electrons. The number of rotatable bonds is 2. The van der Waals surface area contributed by atoms with Crippen LogP contribution in [0.3, 0.4) is 0 Å². The van der Waals surface area contributed by atoms with E-state index in [9.17, 15) is 4.79 Å². The highest BCUT2D eigenvalue weighted by Gasteiger charge is 2.30. The minimum Gasteiger partial charge on any atom is -0.446 e. The average molecular weight is 259 g/mol. The molecule has 1 aromatic rings. The standard InChI is InChI=1S/C10H11BrO3/c1-6-2-3-7(13-6)10(12)8-4-5-9(11)14-8/h4-7H,2-3H2,1H3. The number of halogens is 1. The van der Waals surface area contributed by atoms with Gasteiger partial charge in [-0.3, -0.25) is 4.79 Å². The highest BCUT2D eigenvalue weighted by Crippen LogP contribution is 2.24. The quantitative estimate of drug-likeness (QED) is 0.766. The minimum atomic E-state index is -0.317. The van der Waals surface area contributed by atoms with Gasteiger partial charge in [0.2, 0.25) is 5.78 Å². The third-order valence-corrected chi connectivity index (χ3v) is 2.77. The van der Waals surface area contributed by atoms with Crippen LogP contribution in [0.1, 0.15) is 30.3 Å². The van der Waals surface area contributed by atoms with Crippen LogP contribution < -0.4 is 0 Å². The van der Waals surface area contributed by atoms with Gasteiger partial charge in [-0.25, -0.2) is 0 Å². The van der Waals surface area contributed by atoms with Crippen molar-refractivity contribution < 1.29 is 13.9 Å². The maximum Gasteiger partial charge on any atom is 0.226 e. The third kappa shape index (κ3) is 1.91.